The van der Waals surface area contributed by atoms with Gasteiger partial charge < -0.3 is 0 Å². The maximum absolute atomic E-state index is 4.89. The summed E-state index contributed by atoms with van der Waals surface area (Å²) < 4.78 is 3.45. The van der Waals surface area contributed by atoms with Crippen molar-refractivity contribution in [2.24, 2.45) is 7.05 Å². The van der Waals surface area contributed by atoms with Crippen molar-refractivity contribution >= 4 is 32.3 Å². The molecule has 3 aromatic carbocycles. The van der Waals surface area contributed by atoms with Gasteiger partial charge in [-0.25, -0.2) is 9.55 Å². The summed E-state index contributed by atoms with van der Waals surface area (Å²) in [5.74, 6) is 0. The Bertz CT molecular complexity index is 1400. The highest BCUT2D eigenvalue weighted by molar-refractivity contribution is 7.21. The van der Waals surface area contributed by atoms with Gasteiger partial charge in [-0.2, -0.15) is 0 Å². The van der Waals surface area contributed by atoms with E-state index in [1.165, 1.54) is 43.4 Å². The molecule has 154 valence electrons. The third-order valence-electron chi connectivity index (χ3n) is 6.09. The van der Waals surface area contributed by atoms with Crippen LogP contribution in [0.15, 0.2) is 72.9 Å². The normalized spacial score (nSPS) is 12.0. The minimum atomic E-state index is 0.0608. The van der Waals surface area contributed by atoms with Crippen molar-refractivity contribution in [1.29, 1.82) is 0 Å². The molecule has 0 fully saturated rings. The minimum Gasteiger partial charge on any atom is -0.236 e. The SMILES string of the molecule is Cc1c(-c2cc(-c3nc4ccccc4s3)cc[n+]2C)cc(C(C)(C)C)c2ccccc12. The molecular formula is C28H27N2S+. The summed E-state index contributed by atoms with van der Waals surface area (Å²) in [5.41, 5.74) is 7.49. The van der Waals surface area contributed by atoms with Crippen LogP contribution in [0.1, 0.15) is 31.9 Å². The van der Waals surface area contributed by atoms with Gasteiger partial charge in [0, 0.05) is 23.3 Å². The molecule has 5 aromatic rings. The standard InChI is InChI=1S/C28H27N2S/c1-18-20-10-6-7-11-21(20)23(28(2,3)4)17-22(18)25-16-19(14-15-30(25)5)27-29-24-12-8-9-13-26(24)31-27/h6-17H,1-5H3/q+1. The first kappa shape index (κ1) is 19.9. The van der Waals surface area contributed by atoms with Gasteiger partial charge in [0.1, 0.15) is 12.1 Å². The molecule has 0 aliphatic rings. The number of hydrogen-bond acceptors (Lipinski definition) is 2. The number of para-hydroxylation sites is 1. The highest BCUT2D eigenvalue weighted by atomic mass is 32.1. The quantitative estimate of drug-likeness (QED) is 0.274. The number of rotatable bonds is 2. The van der Waals surface area contributed by atoms with Crippen LogP contribution in [-0.4, -0.2) is 4.98 Å². The summed E-state index contributed by atoms with van der Waals surface area (Å²) in [6, 6.07) is 24.0. The molecular weight excluding hydrogens is 396 g/mol. The fourth-order valence-corrected chi connectivity index (χ4v) is 5.34. The second-order valence-corrected chi connectivity index (χ2v) is 10.3. The van der Waals surface area contributed by atoms with Gasteiger partial charge in [0.15, 0.2) is 6.20 Å². The Labute approximate surface area is 187 Å². The molecule has 2 nitrogen and oxygen atoms in total. The first-order valence-corrected chi connectivity index (χ1v) is 11.5. The maximum atomic E-state index is 4.89. The van der Waals surface area contributed by atoms with Gasteiger partial charge in [-0.05, 0) is 52.4 Å². The van der Waals surface area contributed by atoms with Crippen molar-refractivity contribution in [2.45, 2.75) is 33.1 Å². The molecule has 0 bridgehead atoms. The number of fused-ring (bicyclic) bond motifs is 2. The monoisotopic (exact) mass is 423 g/mol. The zero-order chi connectivity index (χ0) is 21.8. The Morgan fingerprint density at radius 1 is 0.871 bits per heavy atom. The second kappa shape index (κ2) is 7.28. The molecule has 5 rings (SSSR count). The third-order valence-corrected chi connectivity index (χ3v) is 7.17. The maximum Gasteiger partial charge on any atom is 0.213 e. The zero-order valence-electron chi connectivity index (χ0n) is 18.7. The number of nitrogens with zero attached hydrogens (tertiary/aromatic N) is 2. The van der Waals surface area contributed by atoms with E-state index in [0.29, 0.717) is 0 Å². The zero-order valence-corrected chi connectivity index (χ0v) is 19.5. The van der Waals surface area contributed by atoms with Gasteiger partial charge in [-0.15, -0.1) is 11.3 Å². The van der Waals surface area contributed by atoms with Crippen LogP contribution in [0.4, 0.5) is 0 Å². The molecule has 0 aliphatic carbocycles. The largest absolute Gasteiger partial charge is 0.236 e. The number of hydrogen-bond donors (Lipinski definition) is 0. The van der Waals surface area contributed by atoms with Crippen LogP contribution in [0.5, 0.6) is 0 Å². The average Bonchev–Trinajstić information content (AvgIpc) is 3.18. The van der Waals surface area contributed by atoms with Crippen molar-refractivity contribution in [3.05, 3.63) is 84.1 Å². The van der Waals surface area contributed by atoms with Crippen molar-refractivity contribution in [3.8, 4) is 21.8 Å². The van der Waals surface area contributed by atoms with E-state index in [0.717, 1.165) is 10.5 Å². The van der Waals surface area contributed by atoms with Crippen LogP contribution in [0, 0.1) is 6.92 Å². The molecule has 0 amide bonds. The molecule has 2 heterocycles. The van der Waals surface area contributed by atoms with E-state index in [-0.39, 0.29) is 5.41 Å². The van der Waals surface area contributed by atoms with Crippen LogP contribution in [0.3, 0.4) is 0 Å². The minimum absolute atomic E-state index is 0.0608. The first-order chi connectivity index (χ1) is 14.8. The summed E-state index contributed by atoms with van der Waals surface area (Å²) in [4.78, 5) is 4.89. The third kappa shape index (κ3) is 3.43. The van der Waals surface area contributed by atoms with Crippen molar-refractivity contribution in [3.63, 3.8) is 0 Å². The van der Waals surface area contributed by atoms with Gasteiger partial charge in [0.2, 0.25) is 5.69 Å². The van der Waals surface area contributed by atoms with Gasteiger partial charge in [0.05, 0.1) is 10.2 Å². The lowest BCUT2D eigenvalue weighted by Crippen LogP contribution is -2.30. The molecule has 2 aromatic heterocycles. The van der Waals surface area contributed by atoms with Crippen LogP contribution in [0.2, 0.25) is 0 Å². The van der Waals surface area contributed by atoms with E-state index in [2.05, 4.69) is 112 Å². The van der Waals surface area contributed by atoms with E-state index < -0.39 is 0 Å². The molecule has 0 unspecified atom stereocenters. The number of benzene rings is 3. The Kier molecular flexibility index (Phi) is 4.67. The van der Waals surface area contributed by atoms with E-state index >= 15 is 0 Å². The number of aromatic nitrogens is 2. The fourth-order valence-electron chi connectivity index (χ4n) is 4.37. The molecule has 0 radical (unpaired) electrons. The topological polar surface area (TPSA) is 16.8 Å². The summed E-state index contributed by atoms with van der Waals surface area (Å²) in [7, 11) is 2.13. The summed E-state index contributed by atoms with van der Waals surface area (Å²) in [5, 5.41) is 3.74. The Hall–Kier alpha value is -3.04. The van der Waals surface area contributed by atoms with Crippen molar-refractivity contribution in [2.75, 3.05) is 0 Å². The summed E-state index contributed by atoms with van der Waals surface area (Å²) in [6.07, 6.45) is 2.15. The van der Waals surface area contributed by atoms with Crippen LogP contribution in [0.25, 0.3) is 42.8 Å². The van der Waals surface area contributed by atoms with Crippen molar-refractivity contribution < 1.29 is 4.57 Å². The number of thiazole rings is 1. The Morgan fingerprint density at radius 3 is 2.32 bits per heavy atom. The van der Waals surface area contributed by atoms with Gasteiger partial charge >= 0.3 is 0 Å². The molecule has 0 N–H and O–H groups in total. The lowest BCUT2D eigenvalue weighted by atomic mass is 9.80. The molecule has 3 heteroatoms. The van der Waals surface area contributed by atoms with Crippen LogP contribution < -0.4 is 4.57 Å². The molecule has 31 heavy (non-hydrogen) atoms. The van der Waals surface area contributed by atoms with E-state index in [1.807, 2.05) is 0 Å². The predicted molar refractivity (Wildman–Crippen MR) is 133 cm³/mol. The van der Waals surface area contributed by atoms with E-state index in [9.17, 15) is 0 Å². The van der Waals surface area contributed by atoms with Crippen LogP contribution in [-0.2, 0) is 12.5 Å². The summed E-state index contributed by atoms with van der Waals surface area (Å²) in [6.45, 7) is 9.14. The molecule has 0 saturated heterocycles. The van der Waals surface area contributed by atoms with Gasteiger partial charge in [0.25, 0.3) is 0 Å². The lowest BCUT2D eigenvalue weighted by molar-refractivity contribution is -0.660. The van der Waals surface area contributed by atoms with Gasteiger partial charge in [-0.1, -0.05) is 57.2 Å². The Morgan fingerprint density at radius 2 is 1.58 bits per heavy atom. The highest BCUT2D eigenvalue weighted by Gasteiger charge is 2.23. The Balaban J connectivity index is 1.75. The van der Waals surface area contributed by atoms with Crippen LogP contribution >= 0.6 is 11.3 Å². The van der Waals surface area contributed by atoms with E-state index in [1.54, 1.807) is 11.3 Å². The summed E-state index contributed by atoms with van der Waals surface area (Å²) >= 11 is 1.75. The number of pyridine rings is 1. The second-order valence-electron chi connectivity index (χ2n) is 9.29. The predicted octanol–water partition coefficient (Wildman–Crippen LogP) is 7.21. The smallest absolute Gasteiger partial charge is 0.213 e. The highest BCUT2D eigenvalue weighted by Crippen LogP contribution is 2.38. The van der Waals surface area contributed by atoms with Gasteiger partial charge in [-0.3, -0.25) is 0 Å². The molecule has 0 spiro atoms. The van der Waals surface area contributed by atoms with Crippen molar-refractivity contribution in [1.82, 2.24) is 4.98 Å². The molecule has 0 saturated carbocycles. The number of aryl methyl sites for hydroxylation is 2. The fraction of sp³-hybridized carbons (Fsp3) is 0.214. The molecule has 0 atom stereocenters. The average molecular weight is 424 g/mol. The first-order valence-electron chi connectivity index (χ1n) is 10.7. The molecule has 0 aliphatic heterocycles. The van der Waals surface area contributed by atoms with E-state index in [4.69, 9.17) is 4.98 Å². The lowest BCUT2D eigenvalue weighted by Gasteiger charge is -2.23.